The number of carbonyl (C=O) groups excluding carboxylic acids is 1. The number of hydrogen-bond donors (Lipinski definition) is 1. The molecule has 1 N–H and O–H groups in total. The first-order chi connectivity index (χ1) is 11.0. The molecule has 0 fully saturated rings. The molecule has 6 heteroatoms. The van der Waals surface area contributed by atoms with E-state index in [0.29, 0.717) is 10.8 Å². The molecule has 1 atom stereocenters. The fraction of sp³-hybridized carbons (Fsp3) is 0.176. The molecule has 0 saturated carbocycles. The largest absolute Gasteiger partial charge is 0.481 e. The maximum atomic E-state index is 12.0. The minimum Gasteiger partial charge on any atom is -0.481 e. The van der Waals surface area contributed by atoms with Gasteiger partial charge in [0.05, 0.1) is 6.21 Å². The summed E-state index contributed by atoms with van der Waals surface area (Å²) in [5, 5.41) is 4.56. The minimum absolute atomic E-state index is 0.326. The number of amides is 1. The summed E-state index contributed by atoms with van der Waals surface area (Å²) in [7, 11) is 0. The van der Waals surface area contributed by atoms with E-state index in [9.17, 15) is 4.79 Å². The summed E-state index contributed by atoms with van der Waals surface area (Å²) in [6.45, 7) is 3.54. The molecular weight excluding hydrogens is 380 g/mol. The number of hydrogen-bond acceptors (Lipinski definition) is 3. The van der Waals surface area contributed by atoms with Crippen LogP contribution in [0.25, 0.3) is 0 Å². The van der Waals surface area contributed by atoms with E-state index >= 15 is 0 Å². The van der Waals surface area contributed by atoms with Gasteiger partial charge in [-0.3, -0.25) is 4.79 Å². The van der Waals surface area contributed by atoms with E-state index in [2.05, 4.69) is 26.5 Å². The van der Waals surface area contributed by atoms with Gasteiger partial charge >= 0.3 is 0 Å². The van der Waals surface area contributed by atoms with E-state index in [4.69, 9.17) is 16.3 Å². The van der Waals surface area contributed by atoms with Gasteiger partial charge in [-0.15, -0.1) is 0 Å². The van der Waals surface area contributed by atoms with E-state index < -0.39 is 6.10 Å². The first-order valence-electron chi connectivity index (χ1n) is 6.97. The molecule has 0 aliphatic heterocycles. The van der Waals surface area contributed by atoms with E-state index in [1.54, 1.807) is 31.3 Å². The van der Waals surface area contributed by atoms with Crippen LogP contribution in [-0.4, -0.2) is 18.2 Å². The normalized spacial score (nSPS) is 12.2. The van der Waals surface area contributed by atoms with Crippen LogP contribution in [0.1, 0.15) is 18.1 Å². The second-order valence-electron chi connectivity index (χ2n) is 4.96. The van der Waals surface area contributed by atoms with Crippen LogP contribution in [-0.2, 0) is 4.79 Å². The van der Waals surface area contributed by atoms with Crippen molar-refractivity contribution in [3.8, 4) is 5.75 Å². The summed E-state index contributed by atoms with van der Waals surface area (Å²) < 4.78 is 6.61. The standard InChI is InChI=1S/C17H16BrClN2O2/c1-11-9-15(19)7-8-16(11)23-12(2)17(22)21-20-10-13-3-5-14(18)6-4-13/h3-10,12H,1-2H3,(H,21,22)/t12-/m0/s1. The van der Waals surface area contributed by atoms with Crippen molar-refractivity contribution in [2.24, 2.45) is 5.10 Å². The molecule has 0 saturated heterocycles. The Bertz CT molecular complexity index is 717. The molecular formula is C17H16BrClN2O2. The van der Waals surface area contributed by atoms with Crippen LogP contribution < -0.4 is 10.2 Å². The lowest BCUT2D eigenvalue weighted by Crippen LogP contribution is -2.33. The van der Waals surface area contributed by atoms with Crippen molar-refractivity contribution < 1.29 is 9.53 Å². The van der Waals surface area contributed by atoms with Crippen LogP contribution >= 0.6 is 27.5 Å². The van der Waals surface area contributed by atoms with Gasteiger partial charge in [0.15, 0.2) is 6.10 Å². The van der Waals surface area contributed by atoms with Crippen molar-refractivity contribution in [2.75, 3.05) is 0 Å². The van der Waals surface area contributed by atoms with Crippen LogP contribution in [0.3, 0.4) is 0 Å². The Labute approximate surface area is 148 Å². The van der Waals surface area contributed by atoms with Gasteiger partial charge in [0.25, 0.3) is 5.91 Å². The molecule has 23 heavy (non-hydrogen) atoms. The Morgan fingerprint density at radius 1 is 1.30 bits per heavy atom. The summed E-state index contributed by atoms with van der Waals surface area (Å²) in [5.74, 6) is 0.293. The number of rotatable bonds is 5. The van der Waals surface area contributed by atoms with Gasteiger partial charge in [0, 0.05) is 9.50 Å². The highest BCUT2D eigenvalue weighted by Gasteiger charge is 2.15. The van der Waals surface area contributed by atoms with Crippen molar-refractivity contribution in [3.63, 3.8) is 0 Å². The fourth-order valence-corrected chi connectivity index (χ4v) is 2.29. The molecule has 0 radical (unpaired) electrons. The Hall–Kier alpha value is -1.85. The molecule has 1 amide bonds. The van der Waals surface area contributed by atoms with Crippen LogP contribution in [0.15, 0.2) is 52.0 Å². The van der Waals surface area contributed by atoms with E-state index in [1.807, 2.05) is 31.2 Å². The summed E-state index contributed by atoms with van der Waals surface area (Å²) in [6.07, 6.45) is 0.905. The third kappa shape index (κ3) is 5.37. The lowest BCUT2D eigenvalue weighted by atomic mass is 10.2. The van der Waals surface area contributed by atoms with Crippen molar-refractivity contribution in [3.05, 3.63) is 63.1 Å². The highest BCUT2D eigenvalue weighted by atomic mass is 79.9. The van der Waals surface area contributed by atoms with Gasteiger partial charge < -0.3 is 4.74 Å². The Kier molecular flexibility index (Phi) is 6.19. The minimum atomic E-state index is -0.669. The van der Waals surface area contributed by atoms with Crippen molar-refractivity contribution in [2.45, 2.75) is 20.0 Å². The lowest BCUT2D eigenvalue weighted by molar-refractivity contribution is -0.127. The average molecular weight is 396 g/mol. The molecule has 2 rings (SSSR count). The predicted molar refractivity (Wildman–Crippen MR) is 96.2 cm³/mol. The van der Waals surface area contributed by atoms with E-state index in [0.717, 1.165) is 15.6 Å². The number of nitrogens with zero attached hydrogens (tertiary/aromatic N) is 1. The van der Waals surface area contributed by atoms with Crippen molar-refractivity contribution in [1.29, 1.82) is 0 Å². The molecule has 0 unspecified atom stereocenters. The van der Waals surface area contributed by atoms with Gasteiger partial charge in [-0.25, -0.2) is 5.43 Å². The van der Waals surface area contributed by atoms with E-state index in [-0.39, 0.29) is 5.91 Å². The second-order valence-corrected chi connectivity index (χ2v) is 6.31. The highest BCUT2D eigenvalue weighted by molar-refractivity contribution is 9.10. The molecule has 0 aliphatic carbocycles. The van der Waals surface area contributed by atoms with Gasteiger partial charge in [0.1, 0.15) is 5.75 Å². The topological polar surface area (TPSA) is 50.7 Å². The lowest BCUT2D eigenvalue weighted by Gasteiger charge is -2.14. The monoisotopic (exact) mass is 394 g/mol. The van der Waals surface area contributed by atoms with Crippen LogP contribution in [0.2, 0.25) is 5.02 Å². The first kappa shape index (κ1) is 17.5. The zero-order valence-corrected chi connectivity index (χ0v) is 15.1. The summed E-state index contributed by atoms with van der Waals surface area (Å²) in [5.41, 5.74) is 4.22. The Morgan fingerprint density at radius 3 is 2.65 bits per heavy atom. The van der Waals surface area contributed by atoms with Crippen molar-refractivity contribution in [1.82, 2.24) is 5.43 Å². The first-order valence-corrected chi connectivity index (χ1v) is 8.14. The zero-order valence-electron chi connectivity index (χ0n) is 12.7. The fourth-order valence-electron chi connectivity index (χ4n) is 1.80. The number of halogens is 2. The summed E-state index contributed by atoms with van der Waals surface area (Å²) in [6, 6.07) is 12.8. The third-order valence-electron chi connectivity index (χ3n) is 3.07. The van der Waals surface area contributed by atoms with E-state index in [1.165, 1.54) is 0 Å². The maximum Gasteiger partial charge on any atom is 0.280 e. The van der Waals surface area contributed by atoms with Crippen LogP contribution in [0.5, 0.6) is 5.75 Å². The number of ether oxygens (including phenoxy) is 1. The predicted octanol–water partition coefficient (Wildman–Crippen LogP) is 4.33. The van der Waals surface area contributed by atoms with Crippen molar-refractivity contribution >= 4 is 39.7 Å². The molecule has 4 nitrogen and oxygen atoms in total. The summed E-state index contributed by atoms with van der Waals surface area (Å²) in [4.78, 5) is 12.0. The number of carbonyl (C=O) groups is 1. The average Bonchev–Trinajstić information content (AvgIpc) is 2.51. The van der Waals surface area contributed by atoms with Crippen LogP contribution in [0.4, 0.5) is 0 Å². The molecule has 0 bridgehead atoms. The third-order valence-corrected chi connectivity index (χ3v) is 3.83. The number of benzene rings is 2. The number of nitrogens with one attached hydrogen (secondary N) is 1. The molecule has 0 heterocycles. The number of hydrazone groups is 1. The quantitative estimate of drug-likeness (QED) is 0.605. The highest BCUT2D eigenvalue weighted by Crippen LogP contribution is 2.22. The molecule has 0 aromatic heterocycles. The van der Waals surface area contributed by atoms with Crippen LogP contribution in [0, 0.1) is 6.92 Å². The maximum absolute atomic E-state index is 12.0. The molecule has 120 valence electrons. The molecule has 0 spiro atoms. The number of aryl methyl sites for hydroxylation is 1. The Morgan fingerprint density at radius 2 is 2.00 bits per heavy atom. The van der Waals surface area contributed by atoms with Gasteiger partial charge in [-0.1, -0.05) is 39.7 Å². The molecule has 2 aromatic rings. The Balaban J connectivity index is 1.90. The SMILES string of the molecule is Cc1cc(Cl)ccc1O[C@@H](C)C(=O)NN=Cc1ccc(Br)cc1. The zero-order chi connectivity index (χ0) is 16.8. The smallest absolute Gasteiger partial charge is 0.280 e. The second kappa shape index (κ2) is 8.13. The summed E-state index contributed by atoms with van der Waals surface area (Å²) >= 11 is 9.25. The van der Waals surface area contributed by atoms with Gasteiger partial charge in [-0.2, -0.15) is 5.10 Å². The molecule has 0 aliphatic rings. The van der Waals surface area contributed by atoms with Gasteiger partial charge in [-0.05, 0) is 55.3 Å². The molecule has 2 aromatic carbocycles. The van der Waals surface area contributed by atoms with Gasteiger partial charge in [0.2, 0.25) is 0 Å².